The Morgan fingerprint density at radius 1 is 1.47 bits per heavy atom. The molecule has 2 atom stereocenters. The summed E-state index contributed by atoms with van der Waals surface area (Å²) < 4.78 is 25.8. The molecule has 6 nitrogen and oxygen atoms in total. The molecule has 2 heterocycles. The summed E-state index contributed by atoms with van der Waals surface area (Å²) in [6, 6.07) is 7.26. The Bertz CT molecular complexity index is 1030. The summed E-state index contributed by atoms with van der Waals surface area (Å²) in [5, 5.41) is 9.51. The van der Waals surface area contributed by atoms with Gasteiger partial charge in [-0.15, -0.1) is 0 Å². The lowest BCUT2D eigenvalue weighted by atomic mass is 10.0. The number of hydrogen-bond acceptors (Lipinski definition) is 5. The Morgan fingerprint density at radius 2 is 2.23 bits per heavy atom. The summed E-state index contributed by atoms with van der Waals surface area (Å²) in [5.74, 6) is 0.409. The molecule has 1 aliphatic rings. The number of carbonyl (C=O) groups is 1. The van der Waals surface area contributed by atoms with E-state index in [0.29, 0.717) is 30.2 Å². The Kier molecular flexibility index (Phi) is 6.36. The number of hydrogen-bond donors (Lipinski definition) is 0. The minimum atomic E-state index is -1.39. The average Bonchev–Trinajstić information content (AvgIpc) is 3.14. The van der Waals surface area contributed by atoms with Gasteiger partial charge in [-0.05, 0) is 37.1 Å². The van der Waals surface area contributed by atoms with Crippen LogP contribution in [0.1, 0.15) is 47.8 Å². The first-order valence-corrected chi connectivity index (χ1v) is 9.69. The number of benzene rings is 1. The van der Waals surface area contributed by atoms with Gasteiger partial charge in [0.05, 0.1) is 18.3 Å². The van der Waals surface area contributed by atoms with Crippen molar-refractivity contribution in [2.24, 2.45) is 0 Å². The molecule has 0 spiro atoms. The van der Waals surface area contributed by atoms with Gasteiger partial charge in [0, 0.05) is 19.9 Å². The molecular formula is C23H24FN3O3. The number of carbonyl (C=O) groups excluding carboxylic acids is 1. The van der Waals surface area contributed by atoms with Crippen LogP contribution in [0.15, 0.2) is 47.0 Å². The highest BCUT2D eigenvalue weighted by molar-refractivity contribution is 5.91. The largest absolute Gasteiger partial charge is 0.486 e. The predicted molar refractivity (Wildman–Crippen MR) is 111 cm³/mol. The predicted octanol–water partition coefficient (Wildman–Crippen LogP) is 4.47. The number of aromatic nitrogens is 1. The van der Waals surface area contributed by atoms with E-state index in [1.165, 1.54) is 11.1 Å². The van der Waals surface area contributed by atoms with E-state index in [-0.39, 0.29) is 12.3 Å². The molecule has 0 aliphatic carbocycles. The number of piperidine rings is 1. The minimum absolute atomic E-state index is 0.0954. The fourth-order valence-corrected chi connectivity index (χ4v) is 3.33. The van der Waals surface area contributed by atoms with Crippen LogP contribution < -0.4 is 4.74 Å². The summed E-state index contributed by atoms with van der Waals surface area (Å²) in [5.41, 5.74) is 3.01. The smallest absolute Gasteiger partial charge is 0.291 e. The van der Waals surface area contributed by atoms with E-state index >= 15 is 0 Å². The van der Waals surface area contributed by atoms with E-state index in [4.69, 9.17) is 9.15 Å². The van der Waals surface area contributed by atoms with Crippen LogP contribution in [-0.4, -0.2) is 41.2 Å². The number of nitriles is 1. The van der Waals surface area contributed by atoms with Gasteiger partial charge in [0.15, 0.2) is 12.1 Å². The van der Waals surface area contributed by atoms with Crippen LogP contribution >= 0.6 is 0 Å². The Balaban J connectivity index is 1.68. The number of oxazole rings is 1. The van der Waals surface area contributed by atoms with Crippen LogP contribution in [0.2, 0.25) is 0 Å². The summed E-state index contributed by atoms with van der Waals surface area (Å²) in [4.78, 5) is 17.7. The summed E-state index contributed by atoms with van der Waals surface area (Å²) in [6.07, 6.45) is 1.44. The lowest BCUT2D eigenvalue weighted by Crippen LogP contribution is -2.49. The molecule has 0 saturated carbocycles. The van der Waals surface area contributed by atoms with Gasteiger partial charge in [0.2, 0.25) is 5.76 Å². The highest BCUT2D eigenvalue weighted by atomic mass is 19.1. The van der Waals surface area contributed by atoms with Crippen molar-refractivity contribution in [2.75, 3.05) is 13.1 Å². The second-order valence-corrected chi connectivity index (χ2v) is 7.53. The van der Waals surface area contributed by atoms with E-state index in [2.05, 4.69) is 17.6 Å². The van der Waals surface area contributed by atoms with Crippen molar-refractivity contribution in [2.45, 2.75) is 39.5 Å². The van der Waals surface area contributed by atoms with Gasteiger partial charge in [0.1, 0.15) is 17.9 Å². The van der Waals surface area contributed by atoms with Gasteiger partial charge < -0.3 is 14.1 Å². The average molecular weight is 409 g/mol. The molecule has 0 radical (unpaired) electrons. The molecule has 0 bridgehead atoms. The number of allylic oxidation sites excluding steroid dienone is 3. The topological polar surface area (TPSA) is 79.4 Å². The zero-order valence-electron chi connectivity index (χ0n) is 17.3. The summed E-state index contributed by atoms with van der Waals surface area (Å²) >= 11 is 0. The van der Waals surface area contributed by atoms with Gasteiger partial charge in [-0.3, -0.25) is 4.79 Å². The van der Waals surface area contributed by atoms with Crippen molar-refractivity contribution >= 4 is 11.5 Å². The van der Waals surface area contributed by atoms with Gasteiger partial charge in [-0.25, -0.2) is 9.37 Å². The van der Waals surface area contributed by atoms with Crippen molar-refractivity contribution in [1.82, 2.24) is 9.88 Å². The van der Waals surface area contributed by atoms with E-state index < -0.39 is 18.2 Å². The third kappa shape index (κ3) is 4.77. The summed E-state index contributed by atoms with van der Waals surface area (Å²) in [7, 11) is 0. The van der Waals surface area contributed by atoms with Crippen LogP contribution in [0.5, 0.6) is 5.75 Å². The van der Waals surface area contributed by atoms with Gasteiger partial charge in [-0.1, -0.05) is 24.3 Å². The number of aryl methyl sites for hydroxylation is 1. The maximum absolute atomic E-state index is 14.8. The van der Waals surface area contributed by atoms with Crippen LogP contribution in [0.3, 0.4) is 0 Å². The first-order valence-electron chi connectivity index (χ1n) is 9.69. The SMILES string of the molecule is C=C(C=C(C)C)c1ccc(OC2CCN(C(=O)c3cnc(C)o3)CC2F)c(C#N)c1. The monoisotopic (exact) mass is 409 g/mol. The Labute approximate surface area is 175 Å². The highest BCUT2D eigenvalue weighted by Crippen LogP contribution is 2.28. The van der Waals surface area contributed by atoms with Crippen LogP contribution in [0.4, 0.5) is 4.39 Å². The molecule has 1 fully saturated rings. The van der Waals surface area contributed by atoms with Crippen molar-refractivity contribution in [1.29, 1.82) is 5.26 Å². The zero-order chi connectivity index (χ0) is 21.8. The number of amides is 1. The molecule has 0 N–H and O–H groups in total. The lowest BCUT2D eigenvalue weighted by Gasteiger charge is -2.34. The zero-order valence-corrected chi connectivity index (χ0v) is 17.3. The third-order valence-electron chi connectivity index (χ3n) is 4.81. The minimum Gasteiger partial charge on any atom is -0.486 e. The van der Waals surface area contributed by atoms with E-state index in [0.717, 1.165) is 16.7 Å². The number of ether oxygens (including phenoxy) is 1. The van der Waals surface area contributed by atoms with Crippen molar-refractivity contribution in [3.8, 4) is 11.8 Å². The van der Waals surface area contributed by atoms with Crippen LogP contribution in [0, 0.1) is 18.3 Å². The van der Waals surface area contributed by atoms with Gasteiger partial charge in [0.25, 0.3) is 5.91 Å². The molecule has 1 aromatic heterocycles. The first kappa shape index (κ1) is 21.3. The van der Waals surface area contributed by atoms with Gasteiger partial charge >= 0.3 is 0 Å². The van der Waals surface area contributed by atoms with Crippen molar-refractivity contribution < 1.29 is 18.3 Å². The molecule has 156 valence electrons. The number of likely N-dealkylation sites (tertiary alicyclic amines) is 1. The maximum atomic E-state index is 14.8. The fourth-order valence-electron chi connectivity index (χ4n) is 3.33. The van der Waals surface area contributed by atoms with E-state index in [9.17, 15) is 14.4 Å². The lowest BCUT2D eigenvalue weighted by molar-refractivity contribution is 0.0186. The molecule has 2 unspecified atom stereocenters. The number of halogens is 1. The molecule has 2 aromatic rings. The second-order valence-electron chi connectivity index (χ2n) is 7.53. The quantitative estimate of drug-likeness (QED) is 0.681. The maximum Gasteiger partial charge on any atom is 0.291 e. The third-order valence-corrected chi connectivity index (χ3v) is 4.81. The van der Waals surface area contributed by atoms with Crippen molar-refractivity contribution in [3.63, 3.8) is 0 Å². The Morgan fingerprint density at radius 3 is 2.83 bits per heavy atom. The molecule has 1 saturated heterocycles. The molecule has 1 amide bonds. The van der Waals surface area contributed by atoms with E-state index in [1.807, 2.05) is 19.9 Å². The van der Waals surface area contributed by atoms with Gasteiger partial charge in [-0.2, -0.15) is 5.26 Å². The number of nitrogens with zero attached hydrogens (tertiary/aromatic N) is 3. The first-order chi connectivity index (χ1) is 14.3. The summed E-state index contributed by atoms with van der Waals surface area (Å²) in [6.45, 7) is 9.80. The highest BCUT2D eigenvalue weighted by Gasteiger charge is 2.34. The van der Waals surface area contributed by atoms with Crippen LogP contribution in [0.25, 0.3) is 5.57 Å². The Hall–Kier alpha value is -3.40. The van der Waals surface area contributed by atoms with Crippen molar-refractivity contribution in [3.05, 3.63) is 65.4 Å². The second kappa shape index (κ2) is 8.95. The standard InChI is InChI=1S/C23H24FN3O3/c1-14(2)9-15(3)17-5-6-20(18(10-17)11-25)30-21-7-8-27(13-19(21)24)23(28)22-12-26-16(4)29-22/h5-6,9-10,12,19,21H,3,7-8,13H2,1-2,4H3. The van der Waals surface area contributed by atoms with Crippen LogP contribution in [-0.2, 0) is 0 Å². The number of alkyl halides is 1. The molecule has 7 heteroatoms. The normalized spacial score (nSPS) is 18.4. The molecule has 30 heavy (non-hydrogen) atoms. The molecular weight excluding hydrogens is 385 g/mol. The number of rotatable bonds is 5. The molecule has 3 rings (SSSR count). The molecule has 1 aromatic carbocycles. The fraction of sp³-hybridized carbons (Fsp3) is 0.348. The van der Waals surface area contributed by atoms with E-state index in [1.54, 1.807) is 25.1 Å². The molecule has 1 aliphatic heterocycles.